The maximum absolute atomic E-state index is 5.81. The highest BCUT2D eigenvalue weighted by atomic mass is 16.5. The number of hydrogen-bond donors (Lipinski definition) is 2. The van der Waals surface area contributed by atoms with Crippen molar-refractivity contribution in [1.82, 2.24) is 15.0 Å². The maximum Gasteiger partial charge on any atom is 0.231 e. The molecule has 7 heteroatoms. The van der Waals surface area contributed by atoms with Crippen molar-refractivity contribution in [2.45, 2.75) is 44.6 Å². The third-order valence-corrected chi connectivity index (χ3v) is 4.07. The van der Waals surface area contributed by atoms with Gasteiger partial charge in [-0.3, -0.25) is 0 Å². The average molecular weight is 292 g/mol. The molecule has 2 fully saturated rings. The SMILES string of the molecule is Nc1nc(NCCOC2CCCC2)nc(N2CCCC2)n1. The second kappa shape index (κ2) is 6.89. The van der Waals surface area contributed by atoms with E-state index in [0.717, 1.165) is 13.1 Å². The number of rotatable bonds is 6. The van der Waals surface area contributed by atoms with Crippen molar-refractivity contribution >= 4 is 17.8 Å². The highest BCUT2D eigenvalue weighted by Gasteiger charge is 2.17. The van der Waals surface area contributed by atoms with Crippen LogP contribution in [-0.4, -0.2) is 47.3 Å². The van der Waals surface area contributed by atoms with E-state index in [2.05, 4.69) is 25.2 Å². The van der Waals surface area contributed by atoms with Crippen LogP contribution >= 0.6 is 0 Å². The van der Waals surface area contributed by atoms with Gasteiger partial charge in [-0.1, -0.05) is 12.8 Å². The minimum Gasteiger partial charge on any atom is -0.376 e. The molecule has 0 spiro atoms. The summed E-state index contributed by atoms with van der Waals surface area (Å²) in [4.78, 5) is 14.9. The molecule has 21 heavy (non-hydrogen) atoms. The van der Waals surface area contributed by atoms with E-state index in [1.807, 2.05) is 0 Å². The molecule has 3 rings (SSSR count). The molecule has 2 heterocycles. The number of nitrogens with zero attached hydrogens (tertiary/aromatic N) is 4. The van der Waals surface area contributed by atoms with Crippen LogP contribution in [0.25, 0.3) is 0 Å². The first-order valence-electron chi connectivity index (χ1n) is 7.93. The standard InChI is InChI=1S/C14H24N6O/c15-12-17-13(16-7-10-21-11-5-1-2-6-11)19-14(18-12)20-8-3-4-9-20/h11H,1-10H2,(H3,15,16,17,18,19). The van der Waals surface area contributed by atoms with Crippen LogP contribution < -0.4 is 16.0 Å². The van der Waals surface area contributed by atoms with Crippen molar-refractivity contribution in [3.05, 3.63) is 0 Å². The summed E-state index contributed by atoms with van der Waals surface area (Å²) in [6.45, 7) is 3.36. The van der Waals surface area contributed by atoms with Crippen molar-refractivity contribution in [3.63, 3.8) is 0 Å². The van der Waals surface area contributed by atoms with Gasteiger partial charge in [0.15, 0.2) is 0 Å². The molecule has 1 aliphatic heterocycles. The van der Waals surface area contributed by atoms with E-state index in [9.17, 15) is 0 Å². The lowest BCUT2D eigenvalue weighted by Crippen LogP contribution is -2.23. The molecule has 1 aromatic heterocycles. The van der Waals surface area contributed by atoms with E-state index in [1.165, 1.54) is 38.5 Å². The van der Waals surface area contributed by atoms with Gasteiger partial charge >= 0.3 is 0 Å². The fraction of sp³-hybridized carbons (Fsp3) is 0.786. The Kier molecular flexibility index (Phi) is 4.69. The minimum absolute atomic E-state index is 0.270. The van der Waals surface area contributed by atoms with Gasteiger partial charge in [0, 0.05) is 19.6 Å². The Hall–Kier alpha value is -1.63. The monoisotopic (exact) mass is 292 g/mol. The first-order chi connectivity index (χ1) is 10.3. The summed E-state index contributed by atoms with van der Waals surface area (Å²) in [5.41, 5.74) is 5.77. The molecule has 116 valence electrons. The predicted molar refractivity (Wildman–Crippen MR) is 82.4 cm³/mol. The molecule has 0 bridgehead atoms. The summed E-state index contributed by atoms with van der Waals surface area (Å²) >= 11 is 0. The van der Waals surface area contributed by atoms with Crippen LogP contribution in [0.2, 0.25) is 0 Å². The summed E-state index contributed by atoms with van der Waals surface area (Å²) in [6, 6.07) is 0. The van der Waals surface area contributed by atoms with Crippen LogP contribution in [0.5, 0.6) is 0 Å². The number of ether oxygens (including phenoxy) is 1. The number of nitrogens with two attached hydrogens (primary N) is 1. The molecule has 1 aromatic rings. The van der Waals surface area contributed by atoms with E-state index >= 15 is 0 Å². The average Bonchev–Trinajstić information content (AvgIpc) is 3.16. The molecule has 0 amide bonds. The fourth-order valence-corrected chi connectivity index (χ4v) is 2.96. The van der Waals surface area contributed by atoms with Gasteiger partial charge in [-0.2, -0.15) is 15.0 Å². The van der Waals surface area contributed by atoms with Crippen LogP contribution in [0.15, 0.2) is 0 Å². The van der Waals surface area contributed by atoms with Crippen LogP contribution in [0, 0.1) is 0 Å². The molecule has 0 aromatic carbocycles. The van der Waals surface area contributed by atoms with E-state index in [4.69, 9.17) is 10.5 Å². The van der Waals surface area contributed by atoms with E-state index in [-0.39, 0.29) is 5.95 Å². The van der Waals surface area contributed by atoms with Crippen molar-refractivity contribution in [2.24, 2.45) is 0 Å². The minimum atomic E-state index is 0.270. The lowest BCUT2D eigenvalue weighted by atomic mass is 10.3. The number of aromatic nitrogens is 3. The Bertz CT molecular complexity index is 457. The topological polar surface area (TPSA) is 89.2 Å². The summed E-state index contributed by atoms with van der Waals surface area (Å²) in [7, 11) is 0. The molecule has 1 aliphatic carbocycles. The zero-order valence-corrected chi connectivity index (χ0v) is 12.4. The van der Waals surface area contributed by atoms with E-state index in [0.29, 0.717) is 31.2 Å². The van der Waals surface area contributed by atoms with Crippen LogP contribution in [0.1, 0.15) is 38.5 Å². The molecular weight excluding hydrogens is 268 g/mol. The Balaban J connectivity index is 1.49. The molecule has 1 saturated carbocycles. The quantitative estimate of drug-likeness (QED) is 0.766. The van der Waals surface area contributed by atoms with Crippen molar-refractivity contribution in [3.8, 4) is 0 Å². The molecule has 0 unspecified atom stereocenters. The third kappa shape index (κ3) is 3.93. The van der Waals surface area contributed by atoms with Gasteiger partial charge < -0.3 is 20.7 Å². The van der Waals surface area contributed by atoms with Crippen molar-refractivity contribution in [2.75, 3.05) is 42.2 Å². The summed E-state index contributed by atoms with van der Waals surface area (Å²) < 4.78 is 5.81. The first kappa shape index (κ1) is 14.3. The highest BCUT2D eigenvalue weighted by Crippen LogP contribution is 2.21. The van der Waals surface area contributed by atoms with Crippen LogP contribution in [-0.2, 0) is 4.74 Å². The summed E-state index contributed by atoms with van der Waals surface area (Å²) in [6.07, 6.45) is 7.78. The Morgan fingerprint density at radius 3 is 2.62 bits per heavy atom. The van der Waals surface area contributed by atoms with E-state index < -0.39 is 0 Å². The van der Waals surface area contributed by atoms with Crippen LogP contribution in [0.4, 0.5) is 17.8 Å². The lowest BCUT2D eigenvalue weighted by molar-refractivity contribution is 0.0658. The Labute approximate surface area is 125 Å². The second-order valence-electron chi connectivity index (χ2n) is 5.72. The Morgan fingerprint density at radius 2 is 1.86 bits per heavy atom. The lowest BCUT2D eigenvalue weighted by Gasteiger charge is -2.16. The largest absolute Gasteiger partial charge is 0.376 e. The third-order valence-electron chi connectivity index (χ3n) is 4.07. The van der Waals surface area contributed by atoms with Gasteiger partial charge in [0.25, 0.3) is 0 Å². The first-order valence-corrected chi connectivity index (χ1v) is 7.93. The molecule has 0 radical (unpaired) electrons. The zero-order valence-electron chi connectivity index (χ0n) is 12.4. The summed E-state index contributed by atoms with van der Waals surface area (Å²) in [5, 5.41) is 3.18. The number of nitrogens with one attached hydrogen (secondary N) is 1. The van der Waals surface area contributed by atoms with Gasteiger partial charge in [-0.25, -0.2) is 0 Å². The Morgan fingerprint density at radius 1 is 1.10 bits per heavy atom. The molecule has 1 saturated heterocycles. The molecule has 2 aliphatic rings. The predicted octanol–water partition coefficient (Wildman–Crippen LogP) is 1.43. The van der Waals surface area contributed by atoms with Crippen molar-refractivity contribution < 1.29 is 4.74 Å². The molecule has 3 N–H and O–H groups in total. The maximum atomic E-state index is 5.81. The van der Waals surface area contributed by atoms with Gasteiger partial charge in [0.05, 0.1) is 12.7 Å². The second-order valence-corrected chi connectivity index (χ2v) is 5.72. The van der Waals surface area contributed by atoms with Gasteiger partial charge in [0.2, 0.25) is 17.8 Å². The number of hydrogen-bond acceptors (Lipinski definition) is 7. The number of nitrogen functional groups attached to an aromatic ring is 1. The van der Waals surface area contributed by atoms with Crippen molar-refractivity contribution in [1.29, 1.82) is 0 Å². The summed E-state index contributed by atoms with van der Waals surface area (Å²) in [5.74, 6) is 1.49. The van der Waals surface area contributed by atoms with E-state index in [1.54, 1.807) is 0 Å². The fourth-order valence-electron chi connectivity index (χ4n) is 2.96. The normalized spacial score (nSPS) is 19.3. The molecule has 7 nitrogen and oxygen atoms in total. The van der Waals surface area contributed by atoms with Gasteiger partial charge in [0.1, 0.15) is 0 Å². The zero-order chi connectivity index (χ0) is 14.5. The van der Waals surface area contributed by atoms with Gasteiger partial charge in [-0.05, 0) is 25.7 Å². The molecular formula is C14H24N6O. The molecule has 0 atom stereocenters. The van der Waals surface area contributed by atoms with Gasteiger partial charge in [-0.15, -0.1) is 0 Å². The smallest absolute Gasteiger partial charge is 0.231 e. The highest BCUT2D eigenvalue weighted by molar-refractivity contribution is 5.42. The number of anilines is 3. The van der Waals surface area contributed by atoms with Crippen LogP contribution in [0.3, 0.4) is 0 Å².